The molecule has 0 bridgehead atoms. The van der Waals surface area contributed by atoms with Crippen molar-refractivity contribution in [2.75, 3.05) is 0 Å². The van der Waals surface area contributed by atoms with Crippen molar-refractivity contribution < 1.29 is 0 Å². The average molecular weight is 190 g/mol. The molecular weight excluding hydrogens is 168 g/mol. The Balaban J connectivity index is 2.80. The summed E-state index contributed by atoms with van der Waals surface area (Å²) in [5, 5.41) is 0. The van der Waals surface area contributed by atoms with E-state index in [9.17, 15) is 0 Å². The second-order valence-corrected chi connectivity index (χ2v) is 5.52. The van der Waals surface area contributed by atoms with Crippen LogP contribution in [0.3, 0.4) is 0 Å². The molecule has 14 heavy (non-hydrogen) atoms. The van der Waals surface area contributed by atoms with Gasteiger partial charge in [-0.3, -0.25) is 0 Å². The molecule has 0 saturated heterocycles. The summed E-state index contributed by atoms with van der Waals surface area (Å²) in [5.41, 5.74) is 3.34. The Morgan fingerprint density at radius 1 is 1.14 bits per heavy atom. The van der Waals surface area contributed by atoms with Gasteiger partial charge < -0.3 is 0 Å². The molecule has 0 fully saturated rings. The van der Waals surface area contributed by atoms with Gasteiger partial charge in [0.1, 0.15) is 0 Å². The van der Waals surface area contributed by atoms with Crippen LogP contribution in [-0.2, 0) is 0 Å². The summed E-state index contributed by atoms with van der Waals surface area (Å²) in [6.07, 6.45) is 1.25. The summed E-state index contributed by atoms with van der Waals surface area (Å²) in [4.78, 5) is 0. The van der Waals surface area contributed by atoms with Gasteiger partial charge in [0.2, 0.25) is 0 Å². The molecule has 1 aromatic carbocycles. The van der Waals surface area contributed by atoms with E-state index in [1.165, 1.54) is 17.5 Å². The van der Waals surface area contributed by atoms with Gasteiger partial charge in [0.15, 0.2) is 0 Å². The molecule has 0 N–H and O–H groups in total. The molecule has 0 spiro atoms. The van der Waals surface area contributed by atoms with Crippen molar-refractivity contribution in [3.8, 4) is 0 Å². The highest BCUT2D eigenvalue weighted by atomic mass is 14.2. The Morgan fingerprint density at radius 3 is 2.21 bits per heavy atom. The SMILES string of the molecule is Cc1ccccc1C(C)CC(C)(C)C. The molecule has 0 heteroatoms. The van der Waals surface area contributed by atoms with Gasteiger partial charge in [0, 0.05) is 0 Å². The number of hydrogen-bond acceptors (Lipinski definition) is 0. The summed E-state index contributed by atoms with van der Waals surface area (Å²) < 4.78 is 0. The topological polar surface area (TPSA) is 0 Å². The monoisotopic (exact) mass is 190 g/mol. The van der Waals surface area contributed by atoms with E-state index in [1.54, 1.807) is 0 Å². The fourth-order valence-electron chi connectivity index (χ4n) is 2.17. The standard InChI is InChI=1S/C14H22/c1-11-8-6-7-9-13(11)12(2)10-14(3,4)5/h6-9,12H,10H2,1-5H3. The maximum Gasteiger partial charge on any atom is -0.0183 e. The highest BCUT2D eigenvalue weighted by Gasteiger charge is 2.17. The normalized spacial score (nSPS) is 14.1. The molecule has 0 saturated carbocycles. The predicted octanol–water partition coefficient (Wildman–Crippen LogP) is 4.53. The summed E-state index contributed by atoms with van der Waals surface area (Å²) in [6.45, 7) is 11.5. The highest BCUT2D eigenvalue weighted by Crippen LogP contribution is 2.31. The molecule has 0 heterocycles. The van der Waals surface area contributed by atoms with E-state index >= 15 is 0 Å². The lowest BCUT2D eigenvalue weighted by molar-refractivity contribution is 0.348. The maximum absolute atomic E-state index is 2.33. The Labute approximate surface area is 88.4 Å². The zero-order valence-corrected chi connectivity index (χ0v) is 10.1. The molecule has 0 nitrogen and oxygen atoms in total. The fraction of sp³-hybridized carbons (Fsp3) is 0.571. The van der Waals surface area contributed by atoms with Gasteiger partial charge in [-0.2, -0.15) is 0 Å². The van der Waals surface area contributed by atoms with E-state index in [1.807, 2.05) is 0 Å². The van der Waals surface area contributed by atoms with Gasteiger partial charge in [-0.05, 0) is 35.8 Å². The first-order valence-corrected chi connectivity index (χ1v) is 5.46. The summed E-state index contributed by atoms with van der Waals surface area (Å²) in [5.74, 6) is 0.663. The Hall–Kier alpha value is -0.780. The van der Waals surface area contributed by atoms with Crippen LogP contribution in [0.5, 0.6) is 0 Å². The molecule has 0 radical (unpaired) electrons. The third kappa shape index (κ3) is 3.17. The van der Waals surface area contributed by atoms with Crippen molar-refractivity contribution in [3.63, 3.8) is 0 Å². The van der Waals surface area contributed by atoms with E-state index in [0.29, 0.717) is 11.3 Å². The third-order valence-electron chi connectivity index (χ3n) is 2.64. The van der Waals surface area contributed by atoms with E-state index < -0.39 is 0 Å². The molecule has 0 aliphatic heterocycles. The number of benzene rings is 1. The molecule has 1 unspecified atom stereocenters. The molecule has 1 atom stereocenters. The first kappa shape index (κ1) is 11.3. The third-order valence-corrected chi connectivity index (χ3v) is 2.64. The average Bonchev–Trinajstić information content (AvgIpc) is 2.01. The molecular formula is C14H22. The van der Waals surface area contributed by atoms with Crippen LogP contribution in [0.1, 0.15) is 51.2 Å². The number of hydrogen-bond donors (Lipinski definition) is 0. The van der Waals surface area contributed by atoms with Crippen LogP contribution < -0.4 is 0 Å². The van der Waals surface area contributed by atoms with Crippen molar-refractivity contribution in [2.45, 2.75) is 47.0 Å². The Kier molecular flexibility index (Phi) is 3.36. The minimum Gasteiger partial charge on any atom is -0.0620 e. The Morgan fingerprint density at radius 2 is 1.71 bits per heavy atom. The molecule has 78 valence electrons. The van der Waals surface area contributed by atoms with Crippen molar-refractivity contribution >= 4 is 0 Å². The first-order valence-electron chi connectivity index (χ1n) is 5.46. The highest BCUT2D eigenvalue weighted by molar-refractivity contribution is 5.28. The van der Waals surface area contributed by atoms with Gasteiger partial charge >= 0.3 is 0 Å². The minimum absolute atomic E-state index is 0.418. The van der Waals surface area contributed by atoms with Crippen LogP contribution >= 0.6 is 0 Å². The van der Waals surface area contributed by atoms with Gasteiger partial charge in [0.25, 0.3) is 0 Å². The van der Waals surface area contributed by atoms with Crippen LogP contribution in [-0.4, -0.2) is 0 Å². The van der Waals surface area contributed by atoms with Crippen LogP contribution in [0.2, 0.25) is 0 Å². The van der Waals surface area contributed by atoms with Crippen molar-refractivity contribution in [1.82, 2.24) is 0 Å². The second-order valence-electron chi connectivity index (χ2n) is 5.52. The fourth-order valence-corrected chi connectivity index (χ4v) is 2.17. The van der Waals surface area contributed by atoms with Crippen molar-refractivity contribution in [2.24, 2.45) is 5.41 Å². The lowest BCUT2D eigenvalue weighted by atomic mass is 9.81. The largest absolute Gasteiger partial charge is 0.0620 e. The van der Waals surface area contributed by atoms with Gasteiger partial charge in [-0.15, -0.1) is 0 Å². The van der Waals surface area contributed by atoms with E-state index in [-0.39, 0.29) is 0 Å². The summed E-state index contributed by atoms with van der Waals surface area (Å²) in [7, 11) is 0. The number of aryl methyl sites for hydroxylation is 1. The van der Waals surface area contributed by atoms with Crippen molar-refractivity contribution in [3.05, 3.63) is 35.4 Å². The minimum atomic E-state index is 0.418. The Bertz CT molecular complexity index is 291. The van der Waals surface area contributed by atoms with Crippen LogP contribution in [0.25, 0.3) is 0 Å². The summed E-state index contributed by atoms with van der Waals surface area (Å²) >= 11 is 0. The lowest BCUT2D eigenvalue weighted by Crippen LogP contribution is -2.10. The zero-order chi connectivity index (χ0) is 10.8. The maximum atomic E-state index is 2.33. The van der Waals surface area contributed by atoms with Crippen LogP contribution in [0.15, 0.2) is 24.3 Å². The molecule has 0 aromatic heterocycles. The molecule has 0 amide bonds. The van der Waals surface area contributed by atoms with Gasteiger partial charge in [0.05, 0.1) is 0 Å². The quantitative estimate of drug-likeness (QED) is 0.642. The van der Waals surface area contributed by atoms with Gasteiger partial charge in [-0.25, -0.2) is 0 Å². The smallest absolute Gasteiger partial charge is 0.0183 e. The lowest BCUT2D eigenvalue weighted by Gasteiger charge is -2.24. The van der Waals surface area contributed by atoms with Crippen LogP contribution in [0, 0.1) is 12.3 Å². The van der Waals surface area contributed by atoms with E-state index in [2.05, 4.69) is 58.9 Å². The predicted molar refractivity (Wildman–Crippen MR) is 63.7 cm³/mol. The summed E-state index contributed by atoms with van der Waals surface area (Å²) in [6, 6.07) is 8.71. The van der Waals surface area contributed by atoms with Gasteiger partial charge in [-0.1, -0.05) is 52.0 Å². The molecule has 0 aliphatic rings. The molecule has 0 aliphatic carbocycles. The number of rotatable bonds is 2. The molecule has 1 rings (SSSR count). The zero-order valence-electron chi connectivity index (χ0n) is 10.1. The van der Waals surface area contributed by atoms with E-state index in [4.69, 9.17) is 0 Å². The molecule has 1 aromatic rings. The first-order chi connectivity index (χ1) is 6.40. The second kappa shape index (κ2) is 4.16. The van der Waals surface area contributed by atoms with Crippen molar-refractivity contribution in [1.29, 1.82) is 0 Å². The van der Waals surface area contributed by atoms with E-state index in [0.717, 1.165) is 0 Å². The van der Waals surface area contributed by atoms with Crippen LogP contribution in [0.4, 0.5) is 0 Å².